The number of carbonyl (C=O) groups is 2. The maximum atomic E-state index is 9.64. The molecule has 0 radical (unpaired) electrons. The van der Waals surface area contributed by atoms with Gasteiger partial charge in [-0.25, -0.2) is 0 Å². The number of carboxylic acids is 2. The summed E-state index contributed by atoms with van der Waals surface area (Å²) in [4.78, 5) is 19.3. The normalized spacial score (nSPS) is 9.36. The summed E-state index contributed by atoms with van der Waals surface area (Å²) in [5, 5.41) is 24.4. The van der Waals surface area contributed by atoms with E-state index >= 15 is 0 Å². The second kappa shape index (κ2) is 23.2. The van der Waals surface area contributed by atoms with Crippen molar-refractivity contribution >= 4 is 41.5 Å². The Labute approximate surface area is 156 Å². The first kappa shape index (κ1) is 26.8. The fourth-order valence-electron chi connectivity index (χ4n) is 1.81. The summed E-state index contributed by atoms with van der Waals surface area (Å²) in [6.45, 7) is 2.63. The van der Waals surface area contributed by atoms with Crippen LogP contribution in [0, 0.1) is 0 Å². The van der Waals surface area contributed by atoms with E-state index in [-0.39, 0.29) is 42.4 Å². The first-order chi connectivity index (χ1) is 10.0. The van der Waals surface area contributed by atoms with Crippen molar-refractivity contribution in [2.24, 2.45) is 0 Å². The van der Waals surface area contributed by atoms with Crippen molar-refractivity contribution in [3.8, 4) is 0 Å². The molecular weight excluding hydrogens is 295 g/mol. The number of aliphatic hydroxyl groups excluding tert-OH is 1. The number of carboxylic acid groups (broad SMARTS) is 2. The van der Waals surface area contributed by atoms with Gasteiger partial charge in [-0.1, -0.05) is 64.7 Å². The van der Waals surface area contributed by atoms with Gasteiger partial charge in [0.25, 0.3) is 0 Å². The summed E-state index contributed by atoms with van der Waals surface area (Å²) >= 11 is 0. The number of aliphatic carboxylic acids is 2. The van der Waals surface area contributed by atoms with Crippen LogP contribution in [-0.4, -0.2) is 63.4 Å². The molecule has 0 atom stereocenters. The Hall–Kier alpha value is -0.100. The topological polar surface area (TPSA) is 94.8 Å². The average Bonchev–Trinajstić information content (AvgIpc) is 2.44. The quantitative estimate of drug-likeness (QED) is 0.356. The van der Waals surface area contributed by atoms with E-state index in [1.54, 1.807) is 0 Å². The summed E-state index contributed by atoms with van der Waals surface area (Å²) in [6.07, 6.45) is 12.7. The summed E-state index contributed by atoms with van der Waals surface area (Å²) in [7, 11) is 0. The van der Waals surface area contributed by atoms with Gasteiger partial charge in [0.05, 0.1) is 12.8 Å². The van der Waals surface area contributed by atoms with Crippen molar-refractivity contribution in [2.45, 2.75) is 84.0 Å². The maximum absolute atomic E-state index is 9.64. The van der Waals surface area contributed by atoms with E-state index in [1.807, 2.05) is 0 Å². The van der Waals surface area contributed by atoms with Crippen LogP contribution in [0.2, 0.25) is 0 Å². The van der Waals surface area contributed by atoms with Crippen LogP contribution in [-0.2, 0) is 9.59 Å². The van der Waals surface area contributed by atoms with Crippen molar-refractivity contribution < 1.29 is 24.9 Å². The zero-order chi connectivity index (χ0) is 16.3. The van der Waals surface area contributed by atoms with Gasteiger partial charge in [-0.05, 0) is 6.42 Å². The SMILES string of the molecule is CCCCCCCCCCCCO.O=C(O)CCC(=O)O.[NaH]. The van der Waals surface area contributed by atoms with E-state index in [0.29, 0.717) is 6.61 Å². The molecule has 0 aromatic rings. The van der Waals surface area contributed by atoms with Crippen LogP contribution in [0.15, 0.2) is 0 Å². The van der Waals surface area contributed by atoms with Gasteiger partial charge in [-0.15, -0.1) is 0 Å². The third kappa shape index (κ3) is 32.0. The molecule has 0 fully saturated rings. The van der Waals surface area contributed by atoms with E-state index in [4.69, 9.17) is 15.3 Å². The molecule has 3 N–H and O–H groups in total. The Balaban J connectivity index is -0.000000348. The van der Waals surface area contributed by atoms with Crippen LogP contribution in [0.25, 0.3) is 0 Å². The molecule has 0 heterocycles. The minimum absolute atomic E-state index is 0. The van der Waals surface area contributed by atoms with Crippen molar-refractivity contribution in [1.82, 2.24) is 0 Å². The first-order valence-corrected chi connectivity index (χ1v) is 8.09. The molecule has 6 heteroatoms. The predicted octanol–water partition coefficient (Wildman–Crippen LogP) is 3.19. The average molecular weight is 328 g/mol. The summed E-state index contributed by atoms with van der Waals surface area (Å²) in [5.74, 6) is -2.15. The molecule has 22 heavy (non-hydrogen) atoms. The third-order valence-electron chi connectivity index (χ3n) is 3.06. The van der Waals surface area contributed by atoms with E-state index < -0.39 is 11.9 Å². The Morgan fingerprint density at radius 3 is 1.27 bits per heavy atom. The molecule has 128 valence electrons. The molecule has 5 nitrogen and oxygen atoms in total. The summed E-state index contributed by atoms with van der Waals surface area (Å²) in [5.41, 5.74) is 0. The van der Waals surface area contributed by atoms with Crippen molar-refractivity contribution in [2.75, 3.05) is 6.61 Å². The standard InChI is InChI=1S/C12H26O.C4H6O4.Na.H/c1-2-3-4-5-6-7-8-9-10-11-12-13;5-3(6)1-2-4(7)8;;/h13H,2-12H2,1H3;1-2H2,(H,5,6)(H,7,8);;. The second-order valence-electron chi connectivity index (χ2n) is 5.19. The predicted molar refractivity (Wildman–Crippen MR) is 90.6 cm³/mol. The Kier molecular flexibility index (Phi) is 28.2. The van der Waals surface area contributed by atoms with Crippen molar-refractivity contribution in [1.29, 1.82) is 0 Å². The molecule has 0 aliphatic rings. The summed E-state index contributed by atoms with van der Waals surface area (Å²) in [6, 6.07) is 0. The molecule has 0 aromatic heterocycles. The van der Waals surface area contributed by atoms with Crippen LogP contribution >= 0.6 is 0 Å². The van der Waals surface area contributed by atoms with E-state index in [0.717, 1.165) is 6.42 Å². The number of hydrogen-bond donors (Lipinski definition) is 3. The van der Waals surface area contributed by atoms with Crippen LogP contribution in [0.5, 0.6) is 0 Å². The molecule has 0 aliphatic carbocycles. The van der Waals surface area contributed by atoms with Gasteiger partial charge in [0.15, 0.2) is 0 Å². The van der Waals surface area contributed by atoms with E-state index in [1.165, 1.54) is 57.8 Å². The summed E-state index contributed by atoms with van der Waals surface area (Å²) < 4.78 is 0. The molecule has 0 unspecified atom stereocenters. The fourth-order valence-corrected chi connectivity index (χ4v) is 1.81. The molecular formula is C16H33NaO5. The third-order valence-corrected chi connectivity index (χ3v) is 3.06. The van der Waals surface area contributed by atoms with Crippen molar-refractivity contribution in [3.05, 3.63) is 0 Å². The van der Waals surface area contributed by atoms with Gasteiger partial charge >= 0.3 is 41.5 Å². The second-order valence-corrected chi connectivity index (χ2v) is 5.19. The van der Waals surface area contributed by atoms with Crippen LogP contribution in [0.4, 0.5) is 0 Å². The molecule has 0 bridgehead atoms. The van der Waals surface area contributed by atoms with Gasteiger partial charge < -0.3 is 15.3 Å². The zero-order valence-corrected chi connectivity index (χ0v) is 13.4. The number of hydrogen-bond acceptors (Lipinski definition) is 3. The molecule has 0 saturated heterocycles. The molecule has 0 amide bonds. The molecule has 0 spiro atoms. The van der Waals surface area contributed by atoms with Gasteiger partial charge in [0.1, 0.15) is 0 Å². The fraction of sp³-hybridized carbons (Fsp3) is 0.875. The van der Waals surface area contributed by atoms with Crippen molar-refractivity contribution in [3.63, 3.8) is 0 Å². The van der Waals surface area contributed by atoms with Crippen LogP contribution < -0.4 is 0 Å². The van der Waals surface area contributed by atoms with Gasteiger partial charge in [-0.3, -0.25) is 9.59 Å². The number of rotatable bonds is 13. The molecule has 0 rings (SSSR count). The monoisotopic (exact) mass is 328 g/mol. The number of aliphatic hydroxyl groups is 1. The number of unbranched alkanes of at least 4 members (excludes halogenated alkanes) is 9. The van der Waals surface area contributed by atoms with E-state index in [2.05, 4.69) is 6.92 Å². The Morgan fingerprint density at radius 2 is 1.00 bits per heavy atom. The Morgan fingerprint density at radius 1 is 0.682 bits per heavy atom. The van der Waals surface area contributed by atoms with E-state index in [9.17, 15) is 9.59 Å². The van der Waals surface area contributed by atoms with Gasteiger partial charge in [0, 0.05) is 6.61 Å². The molecule has 0 aliphatic heterocycles. The van der Waals surface area contributed by atoms with Crippen LogP contribution in [0.3, 0.4) is 0 Å². The minimum atomic E-state index is -1.08. The first-order valence-electron chi connectivity index (χ1n) is 8.09. The molecule has 0 saturated carbocycles. The molecule has 0 aromatic carbocycles. The zero-order valence-electron chi connectivity index (χ0n) is 13.4. The Bertz CT molecular complexity index is 223. The van der Waals surface area contributed by atoms with Gasteiger partial charge in [0.2, 0.25) is 0 Å². The van der Waals surface area contributed by atoms with Crippen LogP contribution in [0.1, 0.15) is 84.0 Å². The van der Waals surface area contributed by atoms with Gasteiger partial charge in [-0.2, -0.15) is 0 Å².